The van der Waals surface area contributed by atoms with Crippen LogP contribution in [0, 0.1) is 5.92 Å². The lowest BCUT2D eigenvalue weighted by atomic mass is 10.1. The molecule has 1 heterocycles. The van der Waals surface area contributed by atoms with Gasteiger partial charge in [0.05, 0.1) is 6.10 Å². The summed E-state index contributed by atoms with van der Waals surface area (Å²) >= 11 is 0. The first-order chi connectivity index (χ1) is 8.36. The molecule has 3 atom stereocenters. The van der Waals surface area contributed by atoms with Gasteiger partial charge in [-0.3, -0.25) is 0 Å². The van der Waals surface area contributed by atoms with Gasteiger partial charge in [-0.25, -0.2) is 9.59 Å². The fourth-order valence-corrected chi connectivity index (χ4v) is 1.87. The number of nitrogens with one attached hydrogen (secondary N) is 1. The number of nitrogens with zero attached hydrogens (tertiary/aromatic N) is 1. The van der Waals surface area contributed by atoms with E-state index in [1.807, 2.05) is 20.8 Å². The van der Waals surface area contributed by atoms with Crippen molar-refractivity contribution in [1.82, 2.24) is 10.2 Å². The molecule has 0 saturated carbocycles. The topological polar surface area (TPSA) is 78.9 Å². The van der Waals surface area contributed by atoms with Crippen molar-refractivity contribution in [3.63, 3.8) is 0 Å². The third kappa shape index (κ3) is 3.35. The number of likely N-dealkylation sites (tertiary alicyclic amines) is 1. The van der Waals surface area contributed by atoms with Gasteiger partial charge in [0, 0.05) is 26.1 Å². The van der Waals surface area contributed by atoms with E-state index in [1.165, 1.54) is 12.0 Å². The van der Waals surface area contributed by atoms with Crippen LogP contribution >= 0.6 is 0 Å². The molecule has 0 spiro atoms. The SMILES string of the molecule is COC1CC(C(=O)O)N(C(=O)NC(C)C(C)C)C1. The molecule has 0 aromatic carbocycles. The summed E-state index contributed by atoms with van der Waals surface area (Å²) in [6.07, 6.45) is 0.140. The Morgan fingerprint density at radius 1 is 1.39 bits per heavy atom. The van der Waals surface area contributed by atoms with E-state index in [4.69, 9.17) is 9.84 Å². The van der Waals surface area contributed by atoms with Gasteiger partial charge in [0.2, 0.25) is 0 Å². The molecule has 6 nitrogen and oxygen atoms in total. The fourth-order valence-electron chi connectivity index (χ4n) is 1.87. The first kappa shape index (κ1) is 14.8. The van der Waals surface area contributed by atoms with Crippen LogP contribution in [0.5, 0.6) is 0 Å². The second kappa shape index (κ2) is 6.04. The number of hydrogen-bond acceptors (Lipinski definition) is 3. The number of carbonyl (C=O) groups excluding carboxylic acids is 1. The van der Waals surface area contributed by atoms with Crippen molar-refractivity contribution < 1.29 is 19.4 Å². The Kier molecular flexibility index (Phi) is 4.95. The molecule has 0 bridgehead atoms. The molecule has 1 fully saturated rings. The van der Waals surface area contributed by atoms with E-state index in [2.05, 4.69) is 5.32 Å². The quantitative estimate of drug-likeness (QED) is 0.785. The minimum atomic E-state index is -0.984. The van der Waals surface area contributed by atoms with Crippen molar-refractivity contribution in [3.8, 4) is 0 Å². The van der Waals surface area contributed by atoms with Gasteiger partial charge in [-0.1, -0.05) is 13.8 Å². The Hall–Kier alpha value is -1.30. The molecular formula is C12H22N2O4. The summed E-state index contributed by atoms with van der Waals surface area (Å²) < 4.78 is 5.14. The van der Waals surface area contributed by atoms with Crippen molar-refractivity contribution >= 4 is 12.0 Å². The number of carbonyl (C=O) groups is 2. The molecular weight excluding hydrogens is 236 g/mol. The number of carboxylic acid groups (broad SMARTS) is 1. The highest BCUT2D eigenvalue weighted by molar-refractivity contribution is 5.83. The number of urea groups is 1. The fraction of sp³-hybridized carbons (Fsp3) is 0.833. The van der Waals surface area contributed by atoms with E-state index in [-0.39, 0.29) is 18.2 Å². The number of hydrogen-bond donors (Lipinski definition) is 2. The Labute approximate surface area is 107 Å². The minimum absolute atomic E-state index is 0.00791. The maximum atomic E-state index is 12.0. The summed E-state index contributed by atoms with van der Waals surface area (Å²) in [4.78, 5) is 24.5. The molecule has 0 aromatic heterocycles. The summed E-state index contributed by atoms with van der Waals surface area (Å²) in [6.45, 7) is 6.23. The van der Waals surface area contributed by atoms with E-state index < -0.39 is 12.0 Å². The lowest BCUT2D eigenvalue weighted by Gasteiger charge is -2.25. The number of rotatable bonds is 4. The van der Waals surface area contributed by atoms with E-state index in [0.717, 1.165) is 0 Å². The number of aliphatic carboxylic acids is 1. The molecule has 0 radical (unpaired) electrons. The first-order valence-electron chi connectivity index (χ1n) is 6.19. The second-order valence-corrected chi connectivity index (χ2v) is 5.08. The zero-order valence-electron chi connectivity index (χ0n) is 11.3. The highest BCUT2D eigenvalue weighted by Crippen LogP contribution is 2.20. The van der Waals surface area contributed by atoms with Crippen molar-refractivity contribution in [2.75, 3.05) is 13.7 Å². The third-order valence-electron chi connectivity index (χ3n) is 3.49. The molecule has 0 aliphatic carbocycles. The van der Waals surface area contributed by atoms with Crippen LogP contribution in [0.25, 0.3) is 0 Å². The van der Waals surface area contributed by atoms with Gasteiger partial charge in [0.25, 0.3) is 0 Å². The van der Waals surface area contributed by atoms with Gasteiger partial charge in [-0.15, -0.1) is 0 Å². The normalized spacial score (nSPS) is 25.3. The van der Waals surface area contributed by atoms with Crippen LogP contribution in [0.1, 0.15) is 27.2 Å². The Balaban J connectivity index is 2.67. The van der Waals surface area contributed by atoms with Gasteiger partial charge >= 0.3 is 12.0 Å². The molecule has 2 amide bonds. The molecule has 1 aliphatic heterocycles. The lowest BCUT2D eigenvalue weighted by Crippen LogP contribution is -2.49. The van der Waals surface area contributed by atoms with Gasteiger partial charge in [-0.2, -0.15) is 0 Å². The molecule has 1 aliphatic rings. The van der Waals surface area contributed by atoms with Crippen LogP contribution in [-0.4, -0.2) is 53.8 Å². The minimum Gasteiger partial charge on any atom is -0.480 e. The molecule has 104 valence electrons. The molecule has 3 unspecified atom stereocenters. The van der Waals surface area contributed by atoms with Crippen LogP contribution in [0.3, 0.4) is 0 Å². The monoisotopic (exact) mass is 258 g/mol. The van der Waals surface area contributed by atoms with Gasteiger partial charge in [-0.05, 0) is 12.8 Å². The van der Waals surface area contributed by atoms with Crippen LogP contribution in [-0.2, 0) is 9.53 Å². The standard InChI is InChI=1S/C12H22N2O4/c1-7(2)8(3)13-12(17)14-6-9(18-4)5-10(14)11(15)16/h7-10H,5-6H2,1-4H3,(H,13,17)(H,15,16). The zero-order valence-corrected chi connectivity index (χ0v) is 11.3. The molecule has 2 N–H and O–H groups in total. The molecule has 1 saturated heterocycles. The molecule has 6 heteroatoms. The van der Waals surface area contributed by atoms with Gasteiger partial charge in [0.15, 0.2) is 0 Å². The first-order valence-corrected chi connectivity index (χ1v) is 6.19. The largest absolute Gasteiger partial charge is 0.480 e. The summed E-state index contributed by atoms with van der Waals surface area (Å²) in [7, 11) is 1.53. The summed E-state index contributed by atoms with van der Waals surface area (Å²) in [5.74, 6) is -0.681. The zero-order chi connectivity index (χ0) is 13.9. The Morgan fingerprint density at radius 2 is 2.00 bits per heavy atom. The highest BCUT2D eigenvalue weighted by atomic mass is 16.5. The van der Waals surface area contributed by atoms with Crippen LogP contribution < -0.4 is 5.32 Å². The molecule has 1 rings (SSSR count). The van der Waals surface area contributed by atoms with Crippen LogP contribution in [0.4, 0.5) is 4.79 Å². The second-order valence-electron chi connectivity index (χ2n) is 5.08. The van der Waals surface area contributed by atoms with Crippen molar-refractivity contribution in [3.05, 3.63) is 0 Å². The van der Waals surface area contributed by atoms with Gasteiger partial charge in [0.1, 0.15) is 6.04 Å². The van der Waals surface area contributed by atoms with Crippen LogP contribution in [0.2, 0.25) is 0 Å². The third-order valence-corrected chi connectivity index (χ3v) is 3.49. The maximum absolute atomic E-state index is 12.0. The van der Waals surface area contributed by atoms with E-state index in [0.29, 0.717) is 18.9 Å². The van der Waals surface area contributed by atoms with E-state index in [1.54, 1.807) is 0 Å². The lowest BCUT2D eigenvalue weighted by molar-refractivity contribution is -0.141. The average molecular weight is 258 g/mol. The summed E-state index contributed by atoms with van der Waals surface area (Å²) in [5, 5.41) is 11.9. The Morgan fingerprint density at radius 3 is 2.44 bits per heavy atom. The van der Waals surface area contributed by atoms with E-state index in [9.17, 15) is 9.59 Å². The summed E-state index contributed by atoms with van der Waals surface area (Å²) in [6, 6.07) is -1.12. The number of methoxy groups -OCH3 is 1. The maximum Gasteiger partial charge on any atom is 0.326 e. The smallest absolute Gasteiger partial charge is 0.326 e. The molecule has 18 heavy (non-hydrogen) atoms. The van der Waals surface area contributed by atoms with Crippen molar-refractivity contribution in [1.29, 1.82) is 0 Å². The predicted octanol–water partition coefficient (Wildman–Crippen LogP) is 0.914. The number of amides is 2. The molecule has 0 aromatic rings. The number of carboxylic acids is 1. The predicted molar refractivity (Wildman–Crippen MR) is 66.4 cm³/mol. The van der Waals surface area contributed by atoms with Crippen LogP contribution in [0.15, 0.2) is 0 Å². The van der Waals surface area contributed by atoms with Crippen molar-refractivity contribution in [2.45, 2.75) is 45.4 Å². The highest BCUT2D eigenvalue weighted by Gasteiger charge is 2.40. The Bertz CT molecular complexity index is 319. The van der Waals surface area contributed by atoms with Crippen molar-refractivity contribution in [2.24, 2.45) is 5.92 Å². The summed E-state index contributed by atoms with van der Waals surface area (Å²) in [5.41, 5.74) is 0. The average Bonchev–Trinajstić information content (AvgIpc) is 2.72. The van der Waals surface area contributed by atoms with E-state index >= 15 is 0 Å². The number of ether oxygens (including phenoxy) is 1. The van der Waals surface area contributed by atoms with Gasteiger partial charge < -0.3 is 20.1 Å².